The van der Waals surface area contributed by atoms with E-state index in [2.05, 4.69) is 22.5 Å². The SMILES string of the molecule is C=CCc1ccc(OCCCCn2c(C(C)NC(=O)COc3ccc(Cl)cc3)nc3ccccc32)c(OC)c1. The largest absolute Gasteiger partial charge is 0.493 e. The van der Waals surface area contributed by atoms with E-state index in [0.29, 0.717) is 17.4 Å². The summed E-state index contributed by atoms with van der Waals surface area (Å²) in [5.74, 6) is 2.62. The molecule has 7 nitrogen and oxygen atoms in total. The number of carbonyl (C=O) groups excluding carboxylic acids is 1. The number of ether oxygens (including phenoxy) is 3. The highest BCUT2D eigenvalue weighted by atomic mass is 35.5. The van der Waals surface area contributed by atoms with Crippen molar-refractivity contribution in [3.05, 3.63) is 95.8 Å². The third kappa shape index (κ3) is 7.54. The van der Waals surface area contributed by atoms with Crippen LogP contribution in [0.5, 0.6) is 17.2 Å². The minimum Gasteiger partial charge on any atom is -0.493 e. The van der Waals surface area contributed by atoms with E-state index < -0.39 is 0 Å². The molecule has 1 atom stereocenters. The van der Waals surface area contributed by atoms with E-state index >= 15 is 0 Å². The Morgan fingerprint density at radius 3 is 2.64 bits per heavy atom. The molecule has 0 spiro atoms. The second kappa shape index (κ2) is 13.7. The summed E-state index contributed by atoms with van der Waals surface area (Å²) in [6.45, 7) is 6.94. The van der Waals surface area contributed by atoms with Crippen LogP contribution in [-0.2, 0) is 17.8 Å². The van der Waals surface area contributed by atoms with E-state index in [9.17, 15) is 4.79 Å². The highest BCUT2D eigenvalue weighted by Gasteiger charge is 2.18. The summed E-state index contributed by atoms with van der Waals surface area (Å²) in [4.78, 5) is 17.4. The Balaban J connectivity index is 1.34. The molecule has 1 aromatic heterocycles. The third-order valence-electron chi connectivity index (χ3n) is 6.27. The molecule has 0 fully saturated rings. The summed E-state index contributed by atoms with van der Waals surface area (Å²) in [5, 5.41) is 3.62. The van der Waals surface area contributed by atoms with Crippen molar-refractivity contribution in [3.63, 3.8) is 0 Å². The van der Waals surface area contributed by atoms with Crippen LogP contribution >= 0.6 is 11.6 Å². The van der Waals surface area contributed by atoms with Crippen molar-refractivity contribution < 1.29 is 19.0 Å². The number of fused-ring (bicyclic) bond motifs is 1. The van der Waals surface area contributed by atoms with E-state index in [1.165, 1.54) is 0 Å². The number of carbonyl (C=O) groups is 1. The van der Waals surface area contributed by atoms with Crippen molar-refractivity contribution in [2.45, 2.75) is 38.8 Å². The number of nitrogens with one attached hydrogen (secondary N) is 1. The van der Waals surface area contributed by atoms with Gasteiger partial charge in [-0.25, -0.2) is 4.98 Å². The number of hydrogen-bond donors (Lipinski definition) is 1. The number of hydrogen-bond acceptors (Lipinski definition) is 5. The Hall–Kier alpha value is -3.97. The summed E-state index contributed by atoms with van der Waals surface area (Å²) in [6, 6.07) is 20.6. The minimum atomic E-state index is -0.298. The highest BCUT2D eigenvalue weighted by molar-refractivity contribution is 6.30. The lowest BCUT2D eigenvalue weighted by Gasteiger charge is -2.17. The fourth-order valence-corrected chi connectivity index (χ4v) is 4.49. The number of methoxy groups -OCH3 is 1. The van der Waals surface area contributed by atoms with Crippen LogP contribution in [-0.4, -0.2) is 35.8 Å². The van der Waals surface area contributed by atoms with Crippen LogP contribution in [0.3, 0.4) is 0 Å². The van der Waals surface area contributed by atoms with Gasteiger partial charge in [-0.05, 0) is 80.3 Å². The van der Waals surface area contributed by atoms with Crippen LogP contribution in [0.4, 0.5) is 0 Å². The van der Waals surface area contributed by atoms with Gasteiger partial charge in [-0.2, -0.15) is 0 Å². The molecule has 0 saturated heterocycles. The van der Waals surface area contributed by atoms with Gasteiger partial charge in [0.15, 0.2) is 18.1 Å². The average molecular weight is 548 g/mol. The highest BCUT2D eigenvalue weighted by Crippen LogP contribution is 2.29. The summed E-state index contributed by atoms with van der Waals surface area (Å²) >= 11 is 5.91. The predicted molar refractivity (Wildman–Crippen MR) is 155 cm³/mol. The first-order valence-corrected chi connectivity index (χ1v) is 13.4. The summed E-state index contributed by atoms with van der Waals surface area (Å²) in [7, 11) is 1.65. The minimum absolute atomic E-state index is 0.0957. The maximum absolute atomic E-state index is 12.6. The van der Waals surface area contributed by atoms with E-state index in [-0.39, 0.29) is 18.6 Å². The second-order valence-electron chi connectivity index (χ2n) is 9.18. The topological polar surface area (TPSA) is 74.6 Å². The molecule has 39 heavy (non-hydrogen) atoms. The van der Waals surface area contributed by atoms with Crippen LogP contribution in [0, 0.1) is 0 Å². The number of para-hydroxylation sites is 2. The molecule has 204 valence electrons. The Labute approximate surface area is 234 Å². The van der Waals surface area contributed by atoms with Crippen molar-refractivity contribution in [2.24, 2.45) is 0 Å². The molecule has 1 N–H and O–H groups in total. The molecule has 1 heterocycles. The number of unbranched alkanes of at least 4 members (excludes halogenated alkanes) is 1. The van der Waals surface area contributed by atoms with Crippen molar-refractivity contribution in [2.75, 3.05) is 20.3 Å². The monoisotopic (exact) mass is 547 g/mol. The first kappa shape index (κ1) is 28.0. The van der Waals surface area contributed by atoms with E-state index in [0.717, 1.165) is 59.7 Å². The molecule has 0 aliphatic rings. The molecular formula is C31H34ClN3O4. The van der Waals surface area contributed by atoms with Gasteiger partial charge in [0.25, 0.3) is 5.91 Å². The van der Waals surface area contributed by atoms with Gasteiger partial charge in [-0.15, -0.1) is 6.58 Å². The number of aryl methyl sites for hydroxylation is 1. The molecule has 0 aliphatic carbocycles. The molecule has 1 unspecified atom stereocenters. The lowest BCUT2D eigenvalue weighted by Crippen LogP contribution is -2.32. The first-order valence-electron chi connectivity index (χ1n) is 13.0. The number of nitrogens with zero attached hydrogens (tertiary/aromatic N) is 2. The fourth-order valence-electron chi connectivity index (χ4n) is 4.37. The number of benzene rings is 3. The molecule has 0 aliphatic heterocycles. The molecule has 3 aromatic carbocycles. The van der Waals surface area contributed by atoms with Crippen LogP contribution in [0.25, 0.3) is 11.0 Å². The Bertz CT molecular complexity index is 1400. The first-order chi connectivity index (χ1) is 19.0. The fraction of sp³-hybridized carbons (Fsp3) is 0.290. The van der Waals surface area contributed by atoms with Crippen LogP contribution in [0.2, 0.25) is 5.02 Å². The van der Waals surface area contributed by atoms with Gasteiger partial charge in [0.1, 0.15) is 11.6 Å². The lowest BCUT2D eigenvalue weighted by atomic mass is 10.1. The number of imidazole rings is 1. The van der Waals surface area contributed by atoms with E-state index in [4.69, 9.17) is 30.8 Å². The average Bonchev–Trinajstić information content (AvgIpc) is 3.32. The standard InChI is InChI=1S/C31H34ClN3O4/c1-4-9-23-12-17-28(29(20-23)37-3)38-19-8-7-18-35-27-11-6-5-10-26(27)34-31(35)22(2)33-30(36)21-39-25-15-13-24(32)14-16-25/h4-6,10-17,20,22H,1,7-9,18-19,21H2,2-3H3,(H,33,36). The van der Waals surface area contributed by atoms with E-state index in [1.807, 2.05) is 49.4 Å². The quantitative estimate of drug-likeness (QED) is 0.143. The Morgan fingerprint density at radius 2 is 1.87 bits per heavy atom. The van der Waals surface area contributed by atoms with Gasteiger partial charge in [0.2, 0.25) is 0 Å². The van der Waals surface area contributed by atoms with Crippen molar-refractivity contribution in [1.29, 1.82) is 0 Å². The zero-order valence-corrected chi connectivity index (χ0v) is 23.1. The molecule has 0 radical (unpaired) electrons. The lowest BCUT2D eigenvalue weighted by molar-refractivity contribution is -0.123. The van der Waals surface area contributed by atoms with E-state index in [1.54, 1.807) is 31.4 Å². The Kier molecular flexibility index (Phi) is 9.86. The number of rotatable bonds is 14. The maximum atomic E-state index is 12.6. The molecule has 1 amide bonds. The van der Waals surface area contributed by atoms with Gasteiger partial charge in [0.05, 0.1) is 30.8 Å². The number of halogens is 1. The van der Waals surface area contributed by atoms with Gasteiger partial charge in [0, 0.05) is 11.6 Å². The van der Waals surface area contributed by atoms with Crippen LogP contribution in [0.1, 0.15) is 37.2 Å². The predicted octanol–water partition coefficient (Wildman–Crippen LogP) is 6.54. The van der Waals surface area contributed by atoms with Crippen molar-refractivity contribution >= 4 is 28.5 Å². The Morgan fingerprint density at radius 1 is 1.08 bits per heavy atom. The van der Waals surface area contributed by atoms with Gasteiger partial charge < -0.3 is 24.1 Å². The summed E-state index contributed by atoms with van der Waals surface area (Å²) in [5.41, 5.74) is 3.06. The van der Waals surface area contributed by atoms with Crippen molar-refractivity contribution in [3.8, 4) is 17.2 Å². The van der Waals surface area contributed by atoms with Crippen LogP contribution < -0.4 is 19.5 Å². The zero-order valence-electron chi connectivity index (χ0n) is 22.4. The molecule has 4 rings (SSSR count). The number of amides is 1. The zero-order chi connectivity index (χ0) is 27.6. The molecular weight excluding hydrogens is 514 g/mol. The van der Waals surface area contributed by atoms with Gasteiger partial charge in [-0.1, -0.05) is 35.9 Å². The summed E-state index contributed by atoms with van der Waals surface area (Å²) in [6.07, 6.45) is 4.38. The van der Waals surface area contributed by atoms with Crippen molar-refractivity contribution in [1.82, 2.24) is 14.9 Å². The molecule has 0 saturated carbocycles. The van der Waals surface area contributed by atoms with Crippen LogP contribution in [0.15, 0.2) is 79.4 Å². The van der Waals surface area contributed by atoms with Gasteiger partial charge in [-0.3, -0.25) is 4.79 Å². The summed E-state index contributed by atoms with van der Waals surface area (Å²) < 4.78 is 19.3. The molecule has 0 bridgehead atoms. The third-order valence-corrected chi connectivity index (χ3v) is 6.53. The van der Waals surface area contributed by atoms with Gasteiger partial charge >= 0.3 is 0 Å². The normalized spacial score (nSPS) is 11.7. The second-order valence-corrected chi connectivity index (χ2v) is 9.61. The smallest absolute Gasteiger partial charge is 0.258 e. The molecule has 4 aromatic rings. The molecule has 8 heteroatoms. The number of allylic oxidation sites excluding steroid dienone is 1. The number of aromatic nitrogens is 2. The maximum Gasteiger partial charge on any atom is 0.258 e.